The molecule has 1 aliphatic heterocycles. The number of thiazole rings is 1. The van der Waals surface area contributed by atoms with Crippen LogP contribution >= 0.6 is 22.7 Å². The Kier molecular flexibility index (Phi) is 5.01. The highest BCUT2D eigenvalue weighted by Crippen LogP contribution is 2.33. The highest BCUT2D eigenvalue weighted by atomic mass is 32.1. The average molecular weight is 447 g/mol. The quantitative estimate of drug-likeness (QED) is 0.505. The largest absolute Gasteiger partial charge is 0.362 e. The molecule has 154 valence electrons. The second kappa shape index (κ2) is 7.98. The highest BCUT2D eigenvalue weighted by molar-refractivity contribution is 7.10. The Hall–Kier alpha value is -3.49. The Balaban J connectivity index is 1.66. The summed E-state index contributed by atoms with van der Waals surface area (Å²) in [5.74, 6) is -0.260. The summed E-state index contributed by atoms with van der Waals surface area (Å²) >= 11 is 2.85. The molecule has 0 fully saturated rings. The SMILES string of the molecule is CC1=C(C(=O)Nc2ccccc2)C(c2cccs2)n2c(sc(=Cc3ccc[nH]3)c2=O)=N1. The van der Waals surface area contributed by atoms with E-state index in [1.165, 1.54) is 22.7 Å². The summed E-state index contributed by atoms with van der Waals surface area (Å²) in [6.07, 6.45) is 3.63. The molecule has 0 saturated heterocycles. The van der Waals surface area contributed by atoms with Gasteiger partial charge in [0, 0.05) is 22.5 Å². The van der Waals surface area contributed by atoms with E-state index in [2.05, 4.69) is 15.3 Å². The van der Waals surface area contributed by atoms with Gasteiger partial charge < -0.3 is 10.3 Å². The zero-order valence-electron chi connectivity index (χ0n) is 16.5. The second-order valence-electron chi connectivity index (χ2n) is 7.04. The molecule has 2 N–H and O–H groups in total. The molecule has 0 bridgehead atoms. The van der Waals surface area contributed by atoms with Crippen LogP contribution in [0.1, 0.15) is 23.5 Å². The van der Waals surface area contributed by atoms with Crippen LogP contribution in [0.5, 0.6) is 0 Å². The molecule has 0 radical (unpaired) electrons. The van der Waals surface area contributed by atoms with E-state index in [-0.39, 0.29) is 11.5 Å². The molecule has 8 heteroatoms. The van der Waals surface area contributed by atoms with Gasteiger partial charge in [-0.3, -0.25) is 14.2 Å². The predicted molar refractivity (Wildman–Crippen MR) is 124 cm³/mol. The number of rotatable bonds is 4. The molecule has 1 unspecified atom stereocenters. The van der Waals surface area contributed by atoms with Crippen molar-refractivity contribution in [2.75, 3.05) is 5.32 Å². The number of allylic oxidation sites excluding steroid dienone is 1. The third-order valence-corrected chi connectivity index (χ3v) is 6.93. The van der Waals surface area contributed by atoms with Gasteiger partial charge in [-0.2, -0.15) is 0 Å². The fourth-order valence-corrected chi connectivity index (χ4v) is 5.48. The summed E-state index contributed by atoms with van der Waals surface area (Å²) in [6, 6.07) is 16.4. The van der Waals surface area contributed by atoms with E-state index in [9.17, 15) is 9.59 Å². The van der Waals surface area contributed by atoms with Crippen molar-refractivity contribution in [2.24, 2.45) is 4.99 Å². The number of anilines is 1. The summed E-state index contributed by atoms with van der Waals surface area (Å²) in [5.41, 5.74) is 2.47. The van der Waals surface area contributed by atoms with Crippen LogP contribution in [0.2, 0.25) is 0 Å². The van der Waals surface area contributed by atoms with E-state index in [0.29, 0.717) is 26.3 Å². The number of para-hydroxylation sites is 1. The summed E-state index contributed by atoms with van der Waals surface area (Å²) in [6.45, 7) is 1.82. The van der Waals surface area contributed by atoms with Crippen LogP contribution in [0.25, 0.3) is 6.08 Å². The van der Waals surface area contributed by atoms with Crippen molar-refractivity contribution in [3.63, 3.8) is 0 Å². The van der Waals surface area contributed by atoms with Crippen LogP contribution < -0.4 is 20.2 Å². The van der Waals surface area contributed by atoms with Crippen LogP contribution in [-0.2, 0) is 4.79 Å². The number of H-pyrrole nitrogens is 1. The maximum atomic E-state index is 13.4. The van der Waals surface area contributed by atoms with Crippen LogP contribution in [0.4, 0.5) is 5.69 Å². The van der Waals surface area contributed by atoms with Gasteiger partial charge in [-0.1, -0.05) is 35.6 Å². The number of amides is 1. The number of carbonyl (C=O) groups excluding carboxylic acids is 1. The van der Waals surface area contributed by atoms with Crippen molar-refractivity contribution in [3.8, 4) is 0 Å². The van der Waals surface area contributed by atoms with Crippen LogP contribution in [-0.4, -0.2) is 15.5 Å². The molecular formula is C23H18N4O2S2. The summed E-state index contributed by atoms with van der Waals surface area (Å²) in [5, 5.41) is 4.90. The van der Waals surface area contributed by atoms with E-state index in [1.54, 1.807) is 4.57 Å². The first-order valence-corrected chi connectivity index (χ1v) is 11.4. The number of hydrogen-bond acceptors (Lipinski definition) is 5. The number of nitrogens with zero attached hydrogens (tertiary/aromatic N) is 2. The third kappa shape index (κ3) is 3.60. The molecule has 0 spiro atoms. The first-order valence-electron chi connectivity index (χ1n) is 9.67. The molecule has 1 aromatic carbocycles. The van der Waals surface area contributed by atoms with E-state index in [1.807, 2.05) is 79.2 Å². The summed E-state index contributed by atoms with van der Waals surface area (Å²) in [7, 11) is 0. The van der Waals surface area contributed by atoms with E-state index < -0.39 is 6.04 Å². The van der Waals surface area contributed by atoms with Crippen molar-refractivity contribution in [1.82, 2.24) is 9.55 Å². The minimum Gasteiger partial charge on any atom is -0.362 e. The average Bonchev–Trinajstić information content (AvgIpc) is 3.51. The molecule has 6 nitrogen and oxygen atoms in total. The lowest BCUT2D eigenvalue weighted by molar-refractivity contribution is -0.113. The van der Waals surface area contributed by atoms with Gasteiger partial charge in [0.05, 0.1) is 15.8 Å². The minimum atomic E-state index is -0.522. The summed E-state index contributed by atoms with van der Waals surface area (Å²) < 4.78 is 2.21. The van der Waals surface area contributed by atoms with Crippen LogP contribution in [0.15, 0.2) is 87.2 Å². The smallest absolute Gasteiger partial charge is 0.271 e. The lowest BCUT2D eigenvalue weighted by Gasteiger charge is -2.24. The lowest BCUT2D eigenvalue weighted by Crippen LogP contribution is -2.40. The van der Waals surface area contributed by atoms with Crippen molar-refractivity contribution in [3.05, 3.63) is 108 Å². The highest BCUT2D eigenvalue weighted by Gasteiger charge is 2.33. The summed E-state index contributed by atoms with van der Waals surface area (Å²) in [4.78, 5) is 36.0. The molecular weight excluding hydrogens is 428 g/mol. The second-order valence-corrected chi connectivity index (χ2v) is 9.03. The van der Waals surface area contributed by atoms with Crippen LogP contribution in [0, 0.1) is 0 Å². The van der Waals surface area contributed by atoms with Crippen molar-refractivity contribution >= 4 is 40.3 Å². The van der Waals surface area contributed by atoms with Gasteiger partial charge in [0.1, 0.15) is 6.04 Å². The number of thiophene rings is 1. The molecule has 3 aromatic heterocycles. The maximum Gasteiger partial charge on any atom is 0.271 e. The fraction of sp³-hybridized carbons (Fsp3) is 0.0870. The number of aromatic nitrogens is 2. The third-order valence-electron chi connectivity index (χ3n) is 5.02. The molecule has 0 aliphatic carbocycles. The van der Waals surface area contributed by atoms with E-state index in [0.717, 1.165) is 10.6 Å². The van der Waals surface area contributed by atoms with Crippen LogP contribution in [0.3, 0.4) is 0 Å². The monoisotopic (exact) mass is 446 g/mol. The number of carbonyl (C=O) groups is 1. The minimum absolute atomic E-state index is 0.158. The Morgan fingerprint density at radius 3 is 2.71 bits per heavy atom. The number of benzene rings is 1. The Morgan fingerprint density at radius 2 is 2.00 bits per heavy atom. The maximum absolute atomic E-state index is 13.4. The molecule has 4 aromatic rings. The van der Waals surface area contributed by atoms with E-state index >= 15 is 0 Å². The Bertz CT molecular complexity index is 1440. The molecule has 0 saturated carbocycles. The molecule has 31 heavy (non-hydrogen) atoms. The number of aromatic amines is 1. The number of fused-ring (bicyclic) bond motifs is 1. The van der Waals surface area contributed by atoms with Gasteiger partial charge in [0.15, 0.2) is 4.80 Å². The number of hydrogen-bond donors (Lipinski definition) is 2. The van der Waals surface area contributed by atoms with Gasteiger partial charge >= 0.3 is 0 Å². The topological polar surface area (TPSA) is 79.2 Å². The van der Waals surface area contributed by atoms with Gasteiger partial charge in [0.25, 0.3) is 11.5 Å². The molecule has 1 atom stereocenters. The predicted octanol–water partition coefficient (Wildman–Crippen LogP) is 3.26. The molecule has 4 heterocycles. The van der Waals surface area contributed by atoms with Gasteiger partial charge in [0.2, 0.25) is 0 Å². The molecule has 1 amide bonds. The van der Waals surface area contributed by atoms with E-state index in [4.69, 9.17) is 0 Å². The van der Waals surface area contributed by atoms with Gasteiger partial charge in [-0.25, -0.2) is 4.99 Å². The zero-order chi connectivity index (χ0) is 21.4. The van der Waals surface area contributed by atoms with Crippen molar-refractivity contribution in [2.45, 2.75) is 13.0 Å². The molecule has 1 aliphatic rings. The first-order chi connectivity index (χ1) is 15.1. The Labute approximate surface area is 185 Å². The lowest BCUT2D eigenvalue weighted by atomic mass is 10.0. The van der Waals surface area contributed by atoms with Gasteiger partial charge in [-0.15, -0.1) is 11.3 Å². The van der Waals surface area contributed by atoms with Crippen molar-refractivity contribution < 1.29 is 4.79 Å². The van der Waals surface area contributed by atoms with Gasteiger partial charge in [-0.05, 0) is 48.7 Å². The van der Waals surface area contributed by atoms with Crippen molar-refractivity contribution in [1.29, 1.82) is 0 Å². The Morgan fingerprint density at radius 1 is 1.16 bits per heavy atom. The fourth-order valence-electron chi connectivity index (χ4n) is 3.62. The normalized spacial score (nSPS) is 16.2. The molecule has 5 rings (SSSR count). The number of nitrogens with one attached hydrogen (secondary N) is 2. The zero-order valence-corrected chi connectivity index (χ0v) is 18.2. The first kappa shape index (κ1) is 19.5. The standard InChI is InChI=1S/C23H18N4O2S2/c1-14-19(21(28)26-15-7-3-2-4-8-15)20(17-10-6-12-30-17)27-22(29)18(31-23(27)25-14)13-16-9-5-11-24-16/h2-13,20,24H,1H3,(H,26,28).